The van der Waals surface area contributed by atoms with Crippen molar-refractivity contribution in [2.24, 2.45) is 0 Å². The van der Waals surface area contributed by atoms with Crippen LogP contribution in [0, 0.1) is 0 Å². The molecule has 1 unspecified atom stereocenters. The van der Waals surface area contributed by atoms with Gasteiger partial charge in [-0.15, -0.1) is 12.4 Å². The maximum absolute atomic E-state index is 12.6. The highest BCUT2D eigenvalue weighted by molar-refractivity contribution is 6.04. The molecule has 0 spiro atoms. The lowest BCUT2D eigenvalue weighted by molar-refractivity contribution is 0.0711. The van der Waals surface area contributed by atoms with Gasteiger partial charge in [0.15, 0.2) is 0 Å². The van der Waals surface area contributed by atoms with Crippen LogP contribution in [0.1, 0.15) is 17.3 Å². The summed E-state index contributed by atoms with van der Waals surface area (Å²) in [5.41, 5.74) is 2.08. The molecule has 0 bridgehead atoms. The molecule has 1 aliphatic heterocycles. The zero-order valence-electron chi connectivity index (χ0n) is 11.2. The number of hydrogen-bond donors (Lipinski definition) is 1. The molecule has 0 aliphatic carbocycles. The number of carbonyl (C=O) groups is 1. The molecule has 2 aromatic rings. The van der Waals surface area contributed by atoms with E-state index in [2.05, 4.69) is 22.2 Å². The van der Waals surface area contributed by atoms with Gasteiger partial charge in [-0.2, -0.15) is 0 Å². The van der Waals surface area contributed by atoms with Crippen molar-refractivity contribution < 1.29 is 4.79 Å². The van der Waals surface area contributed by atoms with Crippen molar-refractivity contribution in [1.29, 1.82) is 0 Å². The monoisotopic (exact) mass is 292 g/mol. The molecule has 1 aromatic heterocycles. The molecule has 1 aliphatic rings. The highest BCUT2D eigenvalue weighted by Crippen LogP contribution is 2.16. The fraction of sp³-hybridized carbons (Fsp3) is 0.357. The maximum Gasteiger partial charge on any atom is 0.256 e. The molecular formula is C14H17ClN4O. The van der Waals surface area contributed by atoms with E-state index >= 15 is 0 Å². The molecule has 0 saturated carbocycles. The van der Waals surface area contributed by atoms with Gasteiger partial charge in [-0.25, -0.2) is 0 Å². The molecule has 1 saturated heterocycles. The van der Waals surface area contributed by atoms with Crippen LogP contribution in [0.4, 0.5) is 0 Å². The number of aromatic nitrogens is 2. The van der Waals surface area contributed by atoms with Crippen LogP contribution in [0.2, 0.25) is 0 Å². The molecule has 5 nitrogen and oxygen atoms in total. The number of piperazine rings is 1. The number of rotatable bonds is 1. The largest absolute Gasteiger partial charge is 0.336 e. The van der Waals surface area contributed by atoms with Gasteiger partial charge in [0.05, 0.1) is 11.1 Å². The van der Waals surface area contributed by atoms with E-state index in [4.69, 9.17) is 0 Å². The molecule has 2 heterocycles. The minimum atomic E-state index is 0. The lowest BCUT2D eigenvalue weighted by Gasteiger charge is -2.32. The van der Waals surface area contributed by atoms with Gasteiger partial charge in [0, 0.05) is 38.1 Å². The second-order valence-electron chi connectivity index (χ2n) is 4.84. The smallest absolute Gasteiger partial charge is 0.256 e. The first-order valence-corrected chi connectivity index (χ1v) is 6.48. The van der Waals surface area contributed by atoms with Crippen LogP contribution in [0.5, 0.6) is 0 Å². The Kier molecular flexibility index (Phi) is 4.52. The summed E-state index contributed by atoms with van der Waals surface area (Å²) < 4.78 is 0. The molecular weight excluding hydrogens is 276 g/mol. The summed E-state index contributed by atoms with van der Waals surface area (Å²) in [6, 6.07) is 5.89. The zero-order valence-corrected chi connectivity index (χ0v) is 12.1. The fourth-order valence-corrected chi connectivity index (χ4v) is 2.45. The van der Waals surface area contributed by atoms with Crippen LogP contribution in [-0.4, -0.2) is 46.5 Å². The van der Waals surface area contributed by atoms with Crippen LogP contribution in [-0.2, 0) is 0 Å². The fourth-order valence-electron chi connectivity index (χ4n) is 2.45. The van der Waals surface area contributed by atoms with E-state index in [1.54, 1.807) is 12.4 Å². The highest BCUT2D eigenvalue weighted by atomic mass is 35.5. The number of hydrogen-bond acceptors (Lipinski definition) is 4. The zero-order chi connectivity index (χ0) is 13.2. The Morgan fingerprint density at radius 1 is 1.35 bits per heavy atom. The van der Waals surface area contributed by atoms with E-state index in [0.717, 1.165) is 25.2 Å². The summed E-state index contributed by atoms with van der Waals surface area (Å²) in [4.78, 5) is 23.0. The number of carbonyl (C=O) groups excluding carboxylic acids is 1. The van der Waals surface area contributed by atoms with Crippen LogP contribution in [0.25, 0.3) is 11.0 Å². The normalized spacial score (nSPS) is 18.6. The molecule has 1 atom stereocenters. The Bertz CT molecular complexity index is 614. The van der Waals surface area contributed by atoms with Crippen molar-refractivity contribution in [1.82, 2.24) is 20.2 Å². The van der Waals surface area contributed by atoms with Crippen LogP contribution < -0.4 is 5.32 Å². The van der Waals surface area contributed by atoms with E-state index in [-0.39, 0.29) is 18.3 Å². The van der Waals surface area contributed by atoms with Crippen molar-refractivity contribution >= 4 is 29.3 Å². The Morgan fingerprint density at radius 2 is 2.15 bits per heavy atom. The lowest BCUT2D eigenvalue weighted by atomic mass is 10.1. The number of nitrogens with zero attached hydrogens (tertiary/aromatic N) is 3. The standard InChI is InChI=1S/C14H16N4O.ClH/c1-10-9-18(8-7-15-10)14(19)11-3-2-4-12-13(11)17-6-5-16-12;/h2-6,10,15H,7-9H2,1H3;1H. The van der Waals surface area contributed by atoms with Gasteiger partial charge in [-0.1, -0.05) is 6.07 Å². The van der Waals surface area contributed by atoms with E-state index in [1.807, 2.05) is 23.1 Å². The van der Waals surface area contributed by atoms with Crippen molar-refractivity contribution in [2.75, 3.05) is 19.6 Å². The summed E-state index contributed by atoms with van der Waals surface area (Å²) in [5.74, 6) is 0.0412. The van der Waals surface area contributed by atoms with Crippen LogP contribution >= 0.6 is 12.4 Å². The summed E-state index contributed by atoms with van der Waals surface area (Å²) in [5, 5.41) is 3.33. The number of fused-ring (bicyclic) bond motifs is 1. The number of nitrogens with one attached hydrogen (secondary N) is 1. The summed E-state index contributed by atoms with van der Waals surface area (Å²) in [6.07, 6.45) is 3.27. The van der Waals surface area contributed by atoms with Gasteiger partial charge >= 0.3 is 0 Å². The van der Waals surface area contributed by atoms with Gasteiger partial charge in [-0.05, 0) is 19.1 Å². The van der Waals surface area contributed by atoms with Crippen LogP contribution in [0.15, 0.2) is 30.6 Å². The third-order valence-electron chi connectivity index (χ3n) is 3.39. The van der Waals surface area contributed by atoms with Gasteiger partial charge in [0.1, 0.15) is 5.52 Å². The quantitative estimate of drug-likeness (QED) is 0.865. The van der Waals surface area contributed by atoms with Crippen LogP contribution in [0.3, 0.4) is 0 Å². The SMILES string of the molecule is CC1CN(C(=O)c2cccc3nccnc23)CCN1.Cl. The lowest BCUT2D eigenvalue weighted by Crippen LogP contribution is -2.51. The maximum atomic E-state index is 12.6. The van der Waals surface area contributed by atoms with Gasteiger partial charge in [0.25, 0.3) is 5.91 Å². The van der Waals surface area contributed by atoms with Crippen molar-refractivity contribution in [3.8, 4) is 0 Å². The molecule has 6 heteroatoms. The number of amides is 1. The molecule has 0 radical (unpaired) electrons. The molecule has 1 fully saturated rings. The second kappa shape index (κ2) is 6.15. The van der Waals surface area contributed by atoms with E-state index < -0.39 is 0 Å². The third kappa shape index (κ3) is 2.73. The first-order valence-electron chi connectivity index (χ1n) is 6.48. The van der Waals surface area contributed by atoms with Crippen molar-refractivity contribution in [3.63, 3.8) is 0 Å². The summed E-state index contributed by atoms with van der Waals surface area (Å²) >= 11 is 0. The first kappa shape index (κ1) is 14.7. The predicted molar refractivity (Wildman–Crippen MR) is 80.2 cm³/mol. The minimum Gasteiger partial charge on any atom is -0.336 e. The van der Waals surface area contributed by atoms with Crippen molar-refractivity contribution in [3.05, 3.63) is 36.2 Å². The third-order valence-corrected chi connectivity index (χ3v) is 3.39. The highest BCUT2D eigenvalue weighted by Gasteiger charge is 2.23. The Morgan fingerprint density at radius 3 is 2.95 bits per heavy atom. The second-order valence-corrected chi connectivity index (χ2v) is 4.84. The van der Waals surface area contributed by atoms with Gasteiger partial charge in [-0.3, -0.25) is 14.8 Å². The number of halogens is 1. The topological polar surface area (TPSA) is 58.1 Å². The summed E-state index contributed by atoms with van der Waals surface area (Å²) in [6.45, 7) is 4.39. The average molecular weight is 293 g/mol. The average Bonchev–Trinajstić information content (AvgIpc) is 2.46. The molecule has 20 heavy (non-hydrogen) atoms. The Hall–Kier alpha value is -1.72. The van der Waals surface area contributed by atoms with E-state index in [1.165, 1.54) is 0 Å². The first-order chi connectivity index (χ1) is 9.25. The van der Waals surface area contributed by atoms with E-state index in [9.17, 15) is 4.79 Å². The van der Waals surface area contributed by atoms with Crippen molar-refractivity contribution in [2.45, 2.75) is 13.0 Å². The molecule has 3 rings (SSSR count). The number of para-hydroxylation sites is 1. The molecule has 106 valence electrons. The van der Waals surface area contributed by atoms with E-state index in [0.29, 0.717) is 17.1 Å². The number of benzene rings is 1. The van der Waals surface area contributed by atoms with Gasteiger partial charge in [0.2, 0.25) is 0 Å². The Balaban J connectivity index is 0.00000147. The predicted octanol–water partition coefficient (Wildman–Crippen LogP) is 1.49. The minimum absolute atomic E-state index is 0. The Labute approximate surface area is 123 Å². The summed E-state index contributed by atoms with van der Waals surface area (Å²) in [7, 11) is 0. The molecule has 1 N–H and O–H groups in total. The molecule has 1 amide bonds. The van der Waals surface area contributed by atoms with Gasteiger partial charge < -0.3 is 10.2 Å². The molecule has 1 aromatic carbocycles.